The average molecular weight is 283 g/mol. The van der Waals surface area contributed by atoms with E-state index in [0.29, 0.717) is 18.5 Å². The fourth-order valence-corrected chi connectivity index (χ4v) is 2.14. The Morgan fingerprint density at radius 1 is 1.00 bits per heavy atom. The van der Waals surface area contributed by atoms with Gasteiger partial charge in [-0.25, -0.2) is 4.79 Å². The van der Waals surface area contributed by atoms with Gasteiger partial charge in [-0.2, -0.15) is 0 Å². The molecule has 0 atom stereocenters. The second kappa shape index (κ2) is 6.70. The first kappa shape index (κ1) is 14.8. The lowest BCUT2D eigenvalue weighted by Crippen LogP contribution is -2.29. The number of aromatic carboxylic acids is 1. The molecular formula is C17H17NO3. The van der Waals surface area contributed by atoms with Crippen LogP contribution < -0.4 is 0 Å². The van der Waals surface area contributed by atoms with Crippen molar-refractivity contribution in [2.75, 3.05) is 13.6 Å². The maximum absolute atomic E-state index is 12.2. The normalized spacial score (nSPS) is 10.1. The number of rotatable bonds is 5. The molecular weight excluding hydrogens is 266 g/mol. The summed E-state index contributed by atoms with van der Waals surface area (Å²) in [6, 6.07) is 15.9. The largest absolute Gasteiger partial charge is 0.478 e. The molecule has 4 nitrogen and oxygen atoms in total. The molecule has 0 spiro atoms. The lowest BCUT2D eigenvalue weighted by molar-refractivity contribution is 0.0695. The summed E-state index contributed by atoms with van der Waals surface area (Å²) in [6.07, 6.45) is 0.511. The van der Waals surface area contributed by atoms with E-state index in [1.54, 1.807) is 48.3 Å². The molecule has 0 radical (unpaired) electrons. The number of carbonyl (C=O) groups excluding carboxylic acids is 1. The van der Waals surface area contributed by atoms with Crippen LogP contribution in [0.15, 0.2) is 54.6 Å². The van der Waals surface area contributed by atoms with Crippen LogP contribution in [0.3, 0.4) is 0 Å². The van der Waals surface area contributed by atoms with Crippen LogP contribution in [0, 0.1) is 0 Å². The van der Waals surface area contributed by atoms with Gasteiger partial charge >= 0.3 is 5.97 Å². The SMILES string of the molecule is CN(CCc1ccccc1C(=O)O)C(=O)c1ccccc1. The number of likely N-dealkylation sites (N-methyl/N-ethyl adjacent to an activating group) is 1. The molecule has 2 aromatic carbocycles. The summed E-state index contributed by atoms with van der Waals surface area (Å²) >= 11 is 0. The van der Waals surface area contributed by atoms with Gasteiger partial charge in [0.25, 0.3) is 5.91 Å². The first-order valence-corrected chi connectivity index (χ1v) is 6.71. The molecule has 0 saturated carbocycles. The Morgan fingerprint density at radius 3 is 2.29 bits per heavy atom. The van der Waals surface area contributed by atoms with E-state index in [1.165, 1.54) is 0 Å². The highest BCUT2D eigenvalue weighted by Crippen LogP contribution is 2.11. The second-order valence-electron chi connectivity index (χ2n) is 4.81. The van der Waals surface area contributed by atoms with Crippen LogP contribution >= 0.6 is 0 Å². The highest BCUT2D eigenvalue weighted by Gasteiger charge is 2.13. The van der Waals surface area contributed by atoms with Crippen LogP contribution in [0.1, 0.15) is 26.3 Å². The second-order valence-corrected chi connectivity index (χ2v) is 4.81. The van der Waals surface area contributed by atoms with E-state index in [0.717, 1.165) is 5.56 Å². The fourth-order valence-electron chi connectivity index (χ4n) is 2.14. The molecule has 2 rings (SSSR count). The third-order valence-corrected chi connectivity index (χ3v) is 3.33. The molecule has 0 fully saturated rings. The Kier molecular flexibility index (Phi) is 4.72. The molecule has 0 saturated heterocycles. The van der Waals surface area contributed by atoms with Gasteiger partial charge < -0.3 is 10.0 Å². The van der Waals surface area contributed by atoms with Gasteiger partial charge in [0.2, 0.25) is 0 Å². The summed E-state index contributed by atoms with van der Waals surface area (Å²) in [4.78, 5) is 24.9. The van der Waals surface area contributed by atoms with Crippen LogP contribution in [0.25, 0.3) is 0 Å². The fraction of sp³-hybridized carbons (Fsp3) is 0.176. The van der Waals surface area contributed by atoms with E-state index >= 15 is 0 Å². The average Bonchev–Trinajstić information content (AvgIpc) is 2.52. The summed E-state index contributed by atoms with van der Waals surface area (Å²) in [7, 11) is 1.72. The minimum Gasteiger partial charge on any atom is -0.478 e. The van der Waals surface area contributed by atoms with Crippen LogP contribution in [0.2, 0.25) is 0 Å². The zero-order chi connectivity index (χ0) is 15.2. The number of benzene rings is 2. The van der Waals surface area contributed by atoms with Gasteiger partial charge in [0, 0.05) is 19.2 Å². The van der Waals surface area contributed by atoms with E-state index in [-0.39, 0.29) is 11.5 Å². The lowest BCUT2D eigenvalue weighted by Gasteiger charge is -2.17. The number of carboxylic acid groups (broad SMARTS) is 1. The van der Waals surface area contributed by atoms with Crippen molar-refractivity contribution in [1.82, 2.24) is 4.90 Å². The first-order valence-electron chi connectivity index (χ1n) is 6.71. The van der Waals surface area contributed by atoms with Gasteiger partial charge in [0.05, 0.1) is 5.56 Å². The van der Waals surface area contributed by atoms with Crippen molar-refractivity contribution in [2.45, 2.75) is 6.42 Å². The molecule has 0 aromatic heterocycles. The molecule has 0 aliphatic rings. The standard InChI is InChI=1S/C17H17NO3/c1-18(16(19)14-8-3-2-4-9-14)12-11-13-7-5-6-10-15(13)17(20)21/h2-10H,11-12H2,1H3,(H,20,21). The van der Waals surface area contributed by atoms with Crippen LogP contribution in [0.4, 0.5) is 0 Å². The van der Waals surface area contributed by atoms with E-state index in [1.807, 2.05) is 18.2 Å². The molecule has 1 amide bonds. The summed E-state index contributed by atoms with van der Waals surface area (Å²) < 4.78 is 0. The highest BCUT2D eigenvalue weighted by molar-refractivity contribution is 5.94. The Morgan fingerprint density at radius 2 is 1.62 bits per heavy atom. The maximum atomic E-state index is 12.2. The third kappa shape index (κ3) is 3.69. The lowest BCUT2D eigenvalue weighted by atomic mass is 10.0. The molecule has 0 bridgehead atoms. The van der Waals surface area contributed by atoms with Gasteiger partial charge in [-0.1, -0.05) is 36.4 Å². The molecule has 0 heterocycles. The van der Waals surface area contributed by atoms with Crippen molar-refractivity contribution >= 4 is 11.9 Å². The van der Waals surface area contributed by atoms with Crippen LogP contribution in [-0.4, -0.2) is 35.5 Å². The predicted molar refractivity (Wildman–Crippen MR) is 80.5 cm³/mol. The molecule has 0 unspecified atom stereocenters. The van der Waals surface area contributed by atoms with Gasteiger partial charge in [-0.15, -0.1) is 0 Å². The summed E-state index contributed by atoms with van der Waals surface area (Å²) in [5.41, 5.74) is 1.65. The number of hydrogen-bond acceptors (Lipinski definition) is 2. The predicted octanol–water partition coefficient (Wildman–Crippen LogP) is 2.70. The zero-order valence-corrected chi connectivity index (χ0v) is 11.8. The molecule has 0 aliphatic carbocycles. The van der Waals surface area contributed by atoms with Crippen LogP contribution in [-0.2, 0) is 6.42 Å². The van der Waals surface area contributed by atoms with Crippen molar-refractivity contribution in [3.63, 3.8) is 0 Å². The number of nitrogens with zero attached hydrogens (tertiary/aromatic N) is 1. The molecule has 21 heavy (non-hydrogen) atoms. The Bertz CT molecular complexity index is 637. The molecule has 4 heteroatoms. The van der Waals surface area contributed by atoms with Gasteiger partial charge in [0.15, 0.2) is 0 Å². The zero-order valence-electron chi connectivity index (χ0n) is 11.8. The van der Waals surface area contributed by atoms with Gasteiger partial charge in [-0.3, -0.25) is 4.79 Å². The Labute approximate surface area is 123 Å². The number of carboxylic acids is 1. The summed E-state index contributed by atoms with van der Waals surface area (Å²) in [5.74, 6) is -1.01. The van der Waals surface area contributed by atoms with Crippen molar-refractivity contribution < 1.29 is 14.7 Å². The van der Waals surface area contributed by atoms with Gasteiger partial charge in [0.1, 0.15) is 0 Å². The van der Waals surface area contributed by atoms with E-state index in [9.17, 15) is 9.59 Å². The summed E-state index contributed by atoms with van der Waals surface area (Å²) in [6.45, 7) is 0.470. The number of carbonyl (C=O) groups is 2. The molecule has 1 N–H and O–H groups in total. The van der Waals surface area contributed by atoms with Crippen molar-refractivity contribution in [1.29, 1.82) is 0 Å². The van der Waals surface area contributed by atoms with Crippen LogP contribution in [0.5, 0.6) is 0 Å². The maximum Gasteiger partial charge on any atom is 0.335 e. The topological polar surface area (TPSA) is 57.6 Å². The van der Waals surface area contributed by atoms with E-state index < -0.39 is 5.97 Å². The van der Waals surface area contributed by atoms with E-state index in [4.69, 9.17) is 5.11 Å². The molecule has 2 aromatic rings. The number of hydrogen-bond donors (Lipinski definition) is 1. The summed E-state index contributed by atoms with van der Waals surface area (Å²) in [5, 5.41) is 9.14. The Hall–Kier alpha value is -2.62. The van der Waals surface area contributed by atoms with Crippen molar-refractivity contribution in [3.05, 3.63) is 71.3 Å². The molecule has 108 valence electrons. The Balaban J connectivity index is 2.03. The van der Waals surface area contributed by atoms with Crippen molar-refractivity contribution in [2.24, 2.45) is 0 Å². The minimum absolute atomic E-state index is 0.0663. The smallest absolute Gasteiger partial charge is 0.335 e. The molecule has 0 aliphatic heterocycles. The third-order valence-electron chi connectivity index (χ3n) is 3.33. The quantitative estimate of drug-likeness (QED) is 0.918. The minimum atomic E-state index is -0.942. The monoisotopic (exact) mass is 283 g/mol. The first-order chi connectivity index (χ1) is 10.1. The van der Waals surface area contributed by atoms with Gasteiger partial charge in [-0.05, 0) is 30.2 Å². The highest BCUT2D eigenvalue weighted by atomic mass is 16.4. The van der Waals surface area contributed by atoms with Crippen molar-refractivity contribution in [3.8, 4) is 0 Å². The number of amides is 1. The van der Waals surface area contributed by atoms with E-state index in [2.05, 4.69) is 0 Å².